The third kappa shape index (κ3) is 8.83. The summed E-state index contributed by atoms with van der Waals surface area (Å²) in [4.78, 5) is 0. The zero-order chi connectivity index (χ0) is 30.3. The third-order valence-electron chi connectivity index (χ3n) is 7.28. The van der Waals surface area contributed by atoms with Crippen molar-refractivity contribution in [3.8, 4) is 5.75 Å². The molecule has 4 aromatic rings. The van der Waals surface area contributed by atoms with Crippen LogP contribution in [0.25, 0.3) is 0 Å². The average molecular weight is 540 g/mol. The van der Waals surface area contributed by atoms with Crippen LogP contribution in [0.2, 0.25) is 0 Å². The van der Waals surface area contributed by atoms with Gasteiger partial charge in [0.25, 0.3) is 0 Å². The Morgan fingerprint density at radius 2 is 0.975 bits per heavy atom. The summed E-state index contributed by atoms with van der Waals surface area (Å²) >= 11 is 0. The monoisotopic (exact) mass is 539 g/mol. The molecule has 4 aromatic carbocycles. The van der Waals surface area contributed by atoms with Crippen LogP contribution in [0.15, 0.2) is 97.1 Å². The quantitative estimate of drug-likeness (QED) is 0.255. The van der Waals surface area contributed by atoms with Crippen molar-refractivity contribution in [2.75, 3.05) is 14.1 Å². The molecule has 0 amide bonds. The maximum atomic E-state index is 10.7. The highest BCUT2D eigenvalue weighted by Gasteiger charge is 2.26. The lowest BCUT2D eigenvalue weighted by Crippen LogP contribution is -2.20. The van der Waals surface area contributed by atoms with E-state index < -0.39 is 0 Å². The fraction of sp³-hybridized carbons (Fsp3) is 0.368. The highest BCUT2D eigenvalue weighted by Crippen LogP contribution is 2.39. The van der Waals surface area contributed by atoms with E-state index in [0.29, 0.717) is 11.7 Å². The summed E-state index contributed by atoms with van der Waals surface area (Å²) in [5.74, 6) is 0.803. The van der Waals surface area contributed by atoms with E-state index in [0.717, 1.165) is 5.56 Å². The number of hydrogen-bond donors (Lipinski definition) is 2. The molecule has 4 rings (SSSR count). The maximum absolute atomic E-state index is 10.7. The van der Waals surface area contributed by atoms with Crippen LogP contribution in [0.1, 0.15) is 106 Å². The Bertz CT molecular complexity index is 1150. The zero-order valence-corrected chi connectivity index (χ0v) is 26.8. The van der Waals surface area contributed by atoms with Gasteiger partial charge in [-0.1, -0.05) is 146 Å². The van der Waals surface area contributed by atoms with Gasteiger partial charge in [-0.3, -0.25) is 0 Å². The van der Waals surface area contributed by atoms with Crippen LogP contribution in [-0.4, -0.2) is 19.2 Å². The molecule has 0 aliphatic rings. The molecule has 0 heterocycles. The number of aryl methyl sites for hydroxylation is 1. The molecule has 0 aromatic heterocycles. The van der Waals surface area contributed by atoms with Gasteiger partial charge in [0.1, 0.15) is 5.75 Å². The van der Waals surface area contributed by atoms with Gasteiger partial charge in [0.05, 0.1) is 0 Å². The molecule has 40 heavy (non-hydrogen) atoms. The Morgan fingerprint density at radius 1 is 0.600 bits per heavy atom. The molecular formula is C38H53NO. The second-order valence-electron chi connectivity index (χ2n) is 10.2. The molecule has 2 unspecified atom stereocenters. The minimum Gasteiger partial charge on any atom is -0.508 e. The van der Waals surface area contributed by atoms with E-state index in [1.807, 2.05) is 53.9 Å². The number of aromatic hydroxyl groups is 1. The Morgan fingerprint density at radius 3 is 1.43 bits per heavy atom. The smallest absolute Gasteiger partial charge is 0.119 e. The molecular weight excluding hydrogens is 486 g/mol. The molecule has 2 nitrogen and oxygen atoms in total. The summed E-state index contributed by atoms with van der Waals surface area (Å²) in [6.45, 7) is 19.2. The minimum absolute atomic E-state index is 0.119. The zero-order valence-electron chi connectivity index (χ0n) is 26.8. The van der Waals surface area contributed by atoms with E-state index in [4.69, 9.17) is 0 Å². The fourth-order valence-corrected chi connectivity index (χ4v) is 4.80. The molecule has 216 valence electrons. The summed E-state index contributed by atoms with van der Waals surface area (Å²) in [7, 11) is 3.75. The average Bonchev–Trinajstić information content (AvgIpc) is 3.00. The van der Waals surface area contributed by atoms with Crippen molar-refractivity contribution in [2.45, 2.75) is 79.6 Å². The summed E-state index contributed by atoms with van der Waals surface area (Å²) in [5, 5.41) is 13.4. The van der Waals surface area contributed by atoms with E-state index in [2.05, 4.69) is 125 Å². The number of rotatable bonds is 6. The largest absolute Gasteiger partial charge is 0.508 e. The Hall–Kier alpha value is -3.36. The van der Waals surface area contributed by atoms with Gasteiger partial charge < -0.3 is 10.4 Å². The summed E-state index contributed by atoms with van der Waals surface area (Å²) in [5.41, 5.74) is 8.49. The molecule has 2 N–H and O–H groups in total. The second-order valence-corrected chi connectivity index (χ2v) is 10.2. The lowest BCUT2D eigenvalue weighted by atomic mass is 9.75. The Kier molecular flexibility index (Phi) is 15.0. The number of phenolic OH excluding ortho intramolecular Hbond substituents is 1. The van der Waals surface area contributed by atoms with Crippen LogP contribution in [0.4, 0.5) is 0 Å². The van der Waals surface area contributed by atoms with Gasteiger partial charge in [-0.25, -0.2) is 0 Å². The van der Waals surface area contributed by atoms with Crippen molar-refractivity contribution < 1.29 is 5.11 Å². The van der Waals surface area contributed by atoms with Gasteiger partial charge in [0.15, 0.2) is 0 Å². The summed E-state index contributed by atoms with van der Waals surface area (Å²) in [6.07, 6.45) is 0. The number of nitrogens with one attached hydrogen (secondary N) is 1. The van der Waals surface area contributed by atoms with E-state index in [1.165, 1.54) is 33.4 Å². The maximum Gasteiger partial charge on any atom is 0.119 e. The first-order chi connectivity index (χ1) is 19.2. The van der Waals surface area contributed by atoms with Crippen LogP contribution in [0.5, 0.6) is 5.75 Å². The first-order valence-corrected chi connectivity index (χ1v) is 14.8. The van der Waals surface area contributed by atoms with Crippen LogP contribution in [0, 0.1) is 6.92 Å². The normalized spacial score (nSPS) is 11.9. The highest BCUT2D eigenvalue weighted by molar-refractivity contribution is 5.49. The molecule has 0 saturated heterocycles. The van der Waals surface area contributed by atoms with Gasteiger partial charge >= 0.3 is 0 Å². The molecule has 0 radical (unpaired) electrons. The van der Waals surface area contributed by atoms with Crippen LogP contribution < -0.4 is 5.32 Å². The topological polar surface area (TPSA) is 32.3 Å². The summed E-state index contributed by atoms with van der Waals surface area (Å²) < 4.78 is 0. The van der Waals surface area contributed by atoms with Crippen molar-refractivity contribution in [1.29, 1.82) is 0 Å². The first kappa shape index (κ1) is 34.7. The van der Waals surface area contributed by atoms with Crippen molar-refractivity contribution in [3.05, 3.63) is 136 Å². The number of hydrogen-bond acceptors (Lipinski definition) is 2. The lowest BCUT2D eigenvalue weighted by Gasteiger charge is -2.29. The van der Waals surface area contributed by atoms with E-state index in [1.54, 1.807) is 0 Å². The predicted octanol–water partition coefficient (Wildman–Crippen LogP) is 10.2. The number of benzene rings is 4. The van der Waals surface area contributed by atoms with E-state index >= 15 is 0 Å². The SMILES string of the molecule is CC.CC.CNC.Cc1ccc(C(C)(C)c2ccc(O)c(C(C)c3ccccc3)c2)cc1C(C)c1ccccc1. The standard InChI is InChI=1S/C32H34O.C2H7N.2C2H6/c1-22-16-17-27(20-29(22)23(2)25-12-8-6-9-13-25)32(4,5)28-18-19-31(33)30(21-28)24(3)26-14-10-7-11-15-26;1-3-2;2*1-2/h6-21,23-24,33H,1-5H3;3H,1-2H3;2*1-2H3. The van der Waals surface area contributed by atoms with Crippen LogP contribution in [0.3, 0.4) is 0 Å². The van der Waals surface area contributed by atoms with Crippen molar-refractivity contribution in [2.24, 2.45) is 0 Å². The van der Waals surface area contributed by atoms with Gasteiger partial charge in [-0.2, -0.15) is 0 Å². The predicted molar refractivity (Wildman–Crippen MR) is 177 cm³/mol. The lowest BCUT2D eigenvalue weighted by molar-refractivity contribution is 0.465. The molecule has 0 fully saturated rings. The molecule has 2 atom stereocenters. The molecule has 0 aliphatic carbocycles. The minimum atomic E-state index is -0.197. The molecule has 2 heteroatoms. The number of phenols is 1. The summed E-state index contributed by atoms with van der Waals surface area (Å²) in [6, 6.07) is 34.1. The van der Waals surface area contributed by atoms with E-state index in [-0.39, 0.29) is 11.3 Å². The second kappa shape index (κ2) is 17.4. The molecule has 0 spiro atoms. The molecule has 0 bridgehead atoms. The van der Waals surface area contributed by atoms with Crippen molar-refractivity contribution in [3.63, 3.8) is 0 Å². The van der Waals surface area contributed by atoms with Gasteiger partial charge in [-0.05, 0) is 60.5 Å². The molecule has 0 aliphatic heterocycles. The third-order valence-corrected chi connectivity index (χ3v) is 7.28. The van der Waals surface area contributed by atoms with Crippen LogP contribution >= 0.6 is 0 Å². The highest BCUT2D eigenvalue weighted by atomic mass is 16.3. The van der Waals surface area contributed by atoms with Crippen molar-refractivity contribution >= 4 is 0 Å². The molecule has 0 saturated carbocycles. The van der Waals surface area contributed by atoms with E-state index in [9.17, 15) is 5.11 Å². The fourth-order valence-electron chi connectivity index (χ4n) is 4.80. The van der Waals surface area contributed by atoms with Crippen LogP contribution in [-0.2, 0) is 5.41 Å². The van der Waals surface area contributed by atoms with Gasteiger partial charge in [-0.15, -0.1) is 0 Å². The van der Waals surface area contributed by atoms with Gasteiger partial charge in [0, 0.05) is 22.8 Å². The Balaban J connectivity index is 0.00000105. The van der Waals surface area contributed by atoms with Gasteiger partial charge in [0.2, 0.25) is 0 Å². The first-order valence-electron chi connectivity index (χ1n) is 14.8. The van der Waals surface area contributed by atoms with Crippen molar-refractivity contribution in [1.82, 2.24) is 5.32 Å². The Labute approximate surface area is 245 Å².